The summed E-state index contributed by atoms with van der Waals surface area (Å²) >= 11 is 5.62. The van der Waals surface area contributed by atoms with Crippen molar-refractivity contribution < 1.29 is 18.4 Å². The lowest BCUT2D eigenvalue weighted by atomic mass is 10.2. The Balaban J connectivity index is 1.91. The van der Waals surface area contributed by atoms with Crippen molar-refractivity contribution in [2.24, 2.45) is 0 Å². The molecule has 0 fully saturated rings. The molecule has 1 atom stereocenters. The number of carbonyl (C=O) groups is 2. The van der Waals surface area contributed by atoms with Crippen molar-refractivity contribution in [2.45, 2.75) is 19.5 Å². The smallest absolute Gasteiger partial charge is 0.254 e. The third kappa shape index (κ3) is 4.08. The molecule has 0 saturated carbocycles. The Morgan fingerprint density at radius 2 is 2.14 bits per heavy atom. The summed E-state index contributed by atoms with van der Waals surface area (Å²) in [6.07, 6.45) is 1.50. The molecule has 0 bridgehead atoms. The zero-order valence-corrected chi connectivity index (χ0v) is 12.5. The van der Waals surface area contributed by atoms with Crippen molar-refractivity contribution >= 4 is 23.4 Å². The maximum Gasteiger partial charge on any atom is 0.254 e. The summed E-state index contributed by atoms with van der Waals surface area (Å²) in [5.74, 6) is -1.24. The number of halogens is 2. The van der Waals surface area contributed by atoms with Crippen molar-refractivity contribution in [3.05, 3.63) is 58.8 Å². The maximum absolute atomic E-state index is 13.6. The number of rotatable bonds is 5. The standard InChI is InChI=1S/C15H14ClFN2O3/c1-9(14(20)18-8-11-3-2-6-22-11)19-15(21)12-5-4-10(16)7-13(12)17/h2-7,9H,8H2,1H3,(H,18,20)(H,19,21)/t9-/m0/s1. The topological polar surface area (TPSA) is 71.3 Å². The summed E-state index contributed by atoms with van der Waals surface area (Å²) in [7, 11) is 0. The van der Waals surface area contributed by atoms with E-state index < -0.39 is 23.7 Å². The van der Waals surface area contributed by atoms with Crippen molar-refractivity contribution in [1.29, 1.82) is 0 Å². The zero-order chi connectivity index (χ0) is 16.1. The van der Waals surface area contributed by atoms with Gasteiger partial charge in [0.05, 0.1) is 18.4 Å². The largest absolute Gasteiger partial charge is 0.467 e. The number of amides is 2. The van der Waals surface area contributed by atoms with Crippen LogP contribution >= 0.6 is 11.6 Å². The molecular weight excluding hydrogens is 311 g/mol. The fourth-order valence-corrected chi connectivity index (χ4v) is 1.91. The Morgan fingerprint density at radius 1 is 1.36 bits per heavy atom. The van der Waals surface area contributed by atoms with Crippen LogP contribution in [0.3, 0.4) is 0 Å². The Bertz CT molecular complexity index is 673. The normalized spacial score (nSPS) is 11.8. The van der Waals surface area contributed by atoms with Crippen LogP contribution < -0.4 is 10.6 Å². The van der Waals surface area contributed by atoms with Crippen LogP contribution in [0.5, 0.6) is 0 Å². The lowest BCUT2D eigenvalue weighted by Crippen LogP contribution is -2.44. The molecule has 0 aliphatic rings. The Morgan fingerprint density at radius 3 is 2.77 bits per heavy atom. The number of carbonyl (C=O) groups excluding carboxylic acids is 2. The highest BCUT2D eigenvalue weighted by Crippen LogP contribution is 2.14. The van der Waals surface area contributed by atoms with Gasteiger partial charge < -0.3 is 15.1 Å². The number of benzene rings is 1. The first-order valence-corrected chi connectivity index (χ1v) is 6.91. The third-order valence-electron chi connectivity index (χ3n) is 2.93. The van der Waals surface area contributed by atoms with Crippen LogP contribution in [-0.4, -0.2) is 17.9 Å². The summed E-state index contributed by atoms with van der Waals surface area (Å²) in [5.41, 5.74) is -0.171. The van der Waals surface area contributed by atoms with Crippen LogP contribution in [0.2, 0.25) is 5.02 Å². The molecule has 0 unspecified atom stereocenters. The molecule has 22 heavy (non-hydrogen) atoms. The molecule has 2 N–H and O–H groups in total. The van der Waals surface area contributed by atoms with Crippen LogP contribution in [-0.2, 0) is 11.3 Å². The quantitative estimate of drug-likeness (QED) is 0.887. The van der Waals surface area contributed by atoms with Crippen LogP contribution in [0.25, 0.3) is 0 Å². The number of hydrogen-bond acceptors (Lipinski definition) is 3. The minimum Gasteiger partial charge on any atom is -0.467 e. The molecule has 116 valence electrons. The number of furan rings is 1. The zero-order valence-electron chi connectivity index (χ0n) is 11.7. The monoisotopic (exact) mass is 324 g/mol. The van der Waals surface area contributed by atoms with Crippen molar-refractivity contribution in [3.8, 4) is 0 Å². The lowest BCUT2D eigenvalue weighted by Gasteiger charge is -2.14. The molecule has 0 radical (unpaired) electrons. The molecule has 0 aliphatic carbocycles. The van der Waals surface area contributed by atoms with Gasteiger partial charge in [0.15, 0.2) is 0 Å². The minimum absolute atomic E-state index is 0.171. The van der Waals surface area contributed by atoms with Gasteiger partial charge in [0, 0.05) is 5.02 Å². The van der Waals surface area contributed by atoms with Crippen molar-refractivity contribution in [3.63, 3.8) is 0 Å². The van der Waals surface area contributed by atoms with Gasteiger partial charge in [-0.2, -0.15) is 0 Å². The van der Waals surface area contributed by atoms with Crippen LogP contribution in [0.15, 0.2) is 41.0 Å². The predicted molar refractivity (Wildman–Crippen MR) is 78.9 cm³/mol. The van der Waals surface area contributed by atoms with Gasteiger partial charge in [-0.15, -0.1) is 0 Å². The van der Waals surface area contributed by atoms with Gasteiger partial charge in [-0.3, -0.25) is 9.59 Å². The van der Waals surface area contributed by atoms with Crippen LogP contribution in [0.4, 0.5) is 4.39 Å². The maximum atomic E-state index is 13.6. The second kappa shape index (κ2) is 7.09. The SMILES string of the molecule is C[C@H](NC(=O)c1ccc(Cl)cc1F)C(=O)NCc1ccco1. The van der Waals surface area contributed by atoms with E-state index in [0.29, 0.717) is 5.76 Å². The molecule has 1 aromatic carbocycles. The first-order valence-electron chi connectivity index (χ1n) is 6.53. The second-order valence-corrected chi connectivity index (χ2v) is 5.05. The summed E-state index contributed by atoms with van der Waals surface area (Å²) in [6.45, 7) is 1.71. The van der Waals surface area contributed by atoms with Crippen molar-refractivity contribution in [1.82, 2.24) is 10.6 Å². The highest BCUT2D eigenvalue weighted by molar-refractivity contribution is 6.30. The van der Waals surface area contributed by atoms with Gasteiger partial charge in [-0.1, -0.05) is 11.6 Å². The van der Waals surface area contributed by atoms with Crippen LogP contribution in [0, 0.1) is 5.82 Å². The van der Waals surface area contributed by atoms with Crippen molar-refractivity contribution in [2.75, 3.05) is 0 Å². The van der Waals surface area contributed by atoms with Gasteiger partial charge in [0.2, 0.25) is 5.91 Å². The summed E-state index contributed by atoms with van der Waals surface area (Å²) < 4.78 is 18.7. The average molecular weight is 325 g/mol. The molecule has 2 amide bonds. The Labute approximate surface area is 131 Å². The molecule has 7 heteroatoms. The third-order valence-corrected chi connectivity index (χ3v) is 3.17. The van der Waals surface area contributed by atoms with Gasteiger partial charge in [0.1, 0.15) is 17.6 Å². The Kier molecular flexibility index (Phi) is 5.16. The first kappa shape index (κ1) is 16.0. The average Bonchev–Trinajstić information content (AvgIpc) is 2.97. The van der Waals surface area contributed by atoms with Gasteiger partial charge in [-0.05, 0) is 37.3 Å². The van der Waals surface area contributed by atoms with E-state index in [1.165, 1.54) is 25.3 Å². The molecule has 0 spiro atoms. The van der Waals surface area contributed by atoms with E-state index in [1.54, 1.807) is 12.1 Å². The van der Waals surface area contributed by atoms with E-state index >= 15 is 0 Å². The van der Waals surface area contributed by atoms with Gasteiger partial charge in [0.25, 0.3) is 5.91 Å². The fourth-order valence-electron chi connectivity index (χ4n) is 1.75. The molecule has 0 aliphatic heterocycles. The molecule has 5 nitrogen and oxygen atoms in total. The predicted octanol–water partition coefficient (Wildman–Crippen LogP) is 2.51. The lowest BCUT2D eigenvalue weighted by molar-refractivity contribution is -0.122. The van der Waals surface area contributed by atoms with E-state index in [-0.39, 0.29) is 17.1 Å². The number of nitrogens with one attached hydrogen (secondary N) is 2. The molecular formula is C15H14ClFN2O3. The van der Waals surface area contributed by atoms with E-state index in [0.717, 1.165) is 6.07 Å². The van der Waals surface area contributed by atoms with E-state index in [9.17, 15) is 14.0 Å². The molecule has 0 saturated heterocycles. The van der Waals surface area contributed by atoms with E-state index in [1.807, 2.05) is 0 Å². The fraction of sp³-hybridized carbons (Fsp3) is 0.200. The second-order valence-electron chi connectivity index (χ2n) is 4.62. The Hall–Kier alpha value is -2.34. The summed E-state index contributed by atoms with van der Waals surface area (Å²) in [4.78, 5) is 23.8. The molecule has 2 rings (SSSR count). The van der Waals surface area contributed by atoms with Gasteiger partial charge in [-0.25, -0.2) is 4.39 Å². The summed E-state index contributed by atoms with van der Waals surface area (Å²) in [6, 6.07) is 6.31. The van der Waals surface area contributed by atoms with Gasteiger partial charge >= 0.3 is 0 Å². The highest BCUT2D eigenvalue weighted by atomic mass is 35.5. The number of hydrogen-bond donors (Lipinski definition) is 2. The molecule has 1 heterocycles. The van der Waals surface area contributed by atoms with E-state index in [2.05, 4.69) is 10.6 Å². The molecule has 1 aromatic heterocycles. The summed E-state index contributed by atoms with van der Waals surface area (Å²) in [5, 5.41) is 5.22. The molecule has 2 aromatic rings. The van der Waals surface area contributed by atoms with E-state index in [4.69, 9.17) is 16.0 Å². The minimum atomic E-state index is -0.822. The first-order chi connectivity index (χ1) is 10.5. The van der Waals surface area contributed by atoms with Crippen LogP contribution in [0.1, 0.15) is 23.0 Å². The highest BCUT2D eigenvalue weighted by Gasteiger charge is 2.19.